The Bertz CT molecular complexity index is 1670. The molecule has 1 saturated heterocycles. The van der Waals surface area contributed by atoms with Crippen molar-refractivity contribution in [2.24, 2.45) is 16.9 Å². The van der Waals surface area contributed by atoms with E-state index in [0.717, 1.165) is 22.3 Å². The van der Waals surface area contributed by atoms with Crippen LogP contribution in [0.2, 0.25) is 10.0 Å². The smallest absolute Gasteiger partial charge is 0.307 e. The Kier molecular flexibility index (Phi) is 5.30. The predicted molar refractivity (Wildman–Crippen MR) is 146 cm³/mol. The summed E-state index contributed by atoms with van der Waals surface area (Å²) in [6.45, 7) is 0. The molecule has 2 heterocycles. The van der Waals surface area contributed by atoms with Gasteiger partial charge in [-0.2, -0.15) is 5.10 Å². The van der Waals surface area contributed by atoms with Gasteiger partial charge in [-0.15, -0.1) is 0 Å². The fourth-order valence-electron chi connectivity index (χ4n) is 6.61. The maximum atomic E-state index is 14.3. The number of carbonyl (C=O) groups excluding carboxylic acids is 3. The molecule has 0 saturated carbocycles. The molecule has 1 aliphatic heterocycles. The Morgan fingerprint density at radius 1 is 0.923 bits per heavy atom. The lowest BCUT2D eigenvalue weighted by molar-refractivity contribution is -0.122. The third-order valence-corrected chi connectivity index (χ3v) is 8.55. The van der Waals surface area contributed by atoms with Gasteiger partial charge in [-0.05, 0) is 52.6 Å². The average molecular weight is 556 g/mol. The standard InChI is InChI=1S/C30H19Cl2N3O4/c31-16-11-12-22(21(32)14-16)35-28(37)25-24-17-6-1-3-8-19(17)30(26(25)29(35)38,20-9-4-2-7-18(20)24)15-33-34-27(36)23-10-5-13-39-23/h1-15,24-26H,(H,34,36)/b33-15-/t24?,25-,26+,30?/m0/s1. The lowest BCUT2D eigenvalue weighted by Gasteiger charge is -2.52. The molecular weight excluding hydrogens is 537 g/mol. The Labute approximate surface area is 233 Å². The molecule has 3 aliphatic carbocycles. The molecule has 9 heteroatoms. The minimum atomic E-state index is -1.12. The summed E-state index contributed by atoms with van der Waals surface area (Å²) in [5, 5.41) is 4.96. The first kappa shape index (κ1) is 23.9. The highest BCUT2D eigenvalue weighted by atomic mass is 35.5. The van der Waals surface area contributed by atoms with E-state index in [1.807, 2.05) is 48.5 Å². The predicted octanol–water partition coefficient (Wildman–Crippen LogP) is 5.55. The molecule has 1 N–H and O–H groups in total. The largest absolute Gasteiger partial charge is 0.459 e. The van der Waals surface area contributed by atoms with Crippen molar-refractivity contribution in [3.8, 4) is 0 Å². The number of nitrogens with one attached hydrogen (secondary N) is 1. The van der Waals surface area contributed by atoms with Crippen molar-refractivity contribution in [2.45, 2.75) is 11.3 Å². The molecule has 4 aliphatic rings. The number of benzene rings is 3. The van der Waals surface area contributed by atoms with Crippen LogP contribution in [0.3, 0.4) is 0 Å². The second kappa shape index (κ2) is 8.66. The number of hydrazone groups is 1. The van der Waals surface area contributed by atoms with Crippen LogP contribution >= 0.6 is 23.2 Å². The third-order valence-electron chi connectivity index (χ3n) is 8.01. The summed E-state index contributed by atoms with van der Waals surface area (Å²) in [4.78, 5) is 42.3. The topological polar surface area (TPSA) is 92.0 Å². The molecular formula is C30H19Cl2N3O4. The van der Waals surface area contributed by atoms with E-state index in [0.29, 0.717) is 5.02 Å². The number of hydrogen-bond acceptors (Lipinski definition) is 5. The Hall–Kier alpha value is -4.20. The number of furan rings is 1. The van der Waals surface area contributed by atoms with Gasteiger partial charge in [-0.3, -0.25) is 14.4 Å². The van der Waals surface area contributed by atoms with Crippen molar-refractivity contribution in [1.29, 1.82) is 0 Å². The number of amides is 3. The maximum absolute atomic E-state index is 14.3. The quantitative estimate of drug-likeness (QED) is 0.203. The zero-order valence-electron chi connectivity index (χ0n) is 20.2. The van der Waals surface area contributed by atoms with Crippen LogP contribution in [-0.2, 0) is 15.0 Å². The minimum Gasteiger partial charge on any atom is -0.459 e. The minimum absolute atomic E-state index is 0.103. The average Bonchev–Trinajstić information content (AvgIpc) is 3.57. The number of hydrogen-bond donors (Lipinski definition) is 1. The molecule has 4 aromatic rings. The van der Waals surface area contributed by atoms with Crippen LogP contribution < -0.4 is 10.3 Å². The van der Waals surface area contributed by atoms with E-state index < -0.39 is 23.2 Å². The van der Waals surface area contributed by atoms with Gasteiger partial charge in [0, 0.05) is 17.2 Å². The maximum Gasteiger partial charge on any atom is 0.307 e. The first-order valence-corrected chi connectivity index (χ1v) is 13.1. The van der Waals surface area contributed by atoms with Gasteiger partial charge in [-0.25, -0.2) is 10.3 Å². The highest BCUT2D eigenvalue weighted by Crippen LogP contribution is 2.63. The first-order valence-electron chi connectivity index (χ1n) is 12.3. The number of anilines is 1. The van der Waals surface area contributed by atoms with Gasteiger partial charge in [0.15, 0.2) is 5.76 Å². The molecule has 7 nitrogen and oxygen atoms in total. The number of imide groups is 1. The summed E-state index contributed by atoms with van der Waals surface area (Å²) in [5.41, 5.74) is 5.34. The van der Waals surface area contributed by atoms with Crippen LogP contribution in [0.15, 0.2) is 94.6 Å². The summed E-state index contributed by atoms with van der Waals surface area (Å²) in [5.74, 6) is -2.97. The number of rotatable bonds is 4. The van der Waals surface area contributed by atoms with Gasteiger partial charge in [0.05, 0.1) is 34.2 Å². The zero-order chi connectivity index (χ0) is 26.9. The van der Waals surface area contributed by atoms with Gasteiger partial charge in [0.2, 0.25) is 11.8 Å². The summed E-state index contributed by atoms with van der Waals surface area (Å²) >= 11 is 12.6. The van der Waals surface area contributed by atoms with Gasteiger partial charge < -0.3 is 4.42 Å². The highest BCUT2D eigenvalue weighted by molar-refractivity contribution is 6.38. The molecule has 0 radical (unpaired) electrons. The molecule has 3 aromatic carbocycles. The molecule has 39 heavy (non-hydrogen) atoms. The van der Waals surface area contributed by atoms with Crippen molar-refractivity contribution in [2.75, 3.05) is 4.90 Å². The molecule has 0 unspecified atom stereocenters. The summed E-state index contributed by atoms with van der Waals surface area (Å²) in [6, 6.07) is 23.4. The molecule has 1 fully saturated rings. The first-order chi connectivity index (χ1) is 18.9. The van der Waals surface area contributed by atoms with Crippen LogP contribution in [0, 0.1) is 11.8 Å². The number of halogens is 2. The van der Waals surface area contributed by atoms with Crippen LogP contribution in [0.4, 0.5) is 5.69 Å². The van der Waals surface area contributed by atoms with Gasteiger partial charge in [0.1, 0.15) is 0 Å². The number of carbonyl (C=O) groups is 3. The van der Waals surface area contributed by atoms with E-state index >= 15 is 0 Å². The van der Waals surface area contributed by atoms with E-state index in [-0.39, 0.29) is 34.2 Å². The number of nitrogens with zero attached hydrogens (tertiary/aromatic N) is 2. The van der Waals surface area contributed by atoms with E-state index in [1.54, 1.807) is 24.4 Å². The summed E-state index contributed by atoms with van der Waals surface area (Å²) in [7, 11) is 0. The molecule has 1 aromatic heterocycles. The zero-order valence-corrected chi connectivity index (χ0v) is 21.7. The van der Waals surface area contributed by atoms with Crippen LogP contribution in [-0.4, -0.2) is 23.9 Å². The van der Waals surface area contributed by atoms with Crippen molar-refractivity contribution in [3.05, 3.63) is 123 Å². The van der Waals surface area contributed by atoms with Gasteiger partial charge >= 0.3 is 5.91 Å². The lowest BCUT2D eigenvalue weighted by Crippen LogP contribution is -2.54. The molecule has 2 atom stereocenters. The second-order valence-corrected chi connectivity index (χ2v) is 10.7. The second-order valence-electron chi connectivity index (χ2n) is 9.81. The molecule has 3 amide bonds. The van der Waals surface area contributed by atoms with Crippen LogP contribution in [0.25, 0.3) is 0 Å². The highest BCUT2D eigenvalue weighted by Gasteiger charge is 2.68. The molecule has 0 spiro atoms. The molecule has 192 valence electrons. The normalized spacial score (nSPS) is 24.6. The van der Waals surface area contributed by atoms with Crippen molar-refractivity contribution in [1.82, 2.24) is 5.43 Å². The Morgan fingerprint density at radius 3 is 2.26 bits per heavy atom. The van der Waals surface area contributed by atoms with Crippen molar-refractivity contribution >= 4 is 52.8 Å². The van der Waals surface area contributed by atoms with Gasteiger partial charge in [0.25, 0.3) is 0 Å². The SMILES string of the molecule is O=C(N/N=C\C12c3ccccc3C(c3ccccc31)[C@@H]1C(=O)N(c3ccc(Cl)cc3Cl)C(=O)[C@@H]12)c1ccco1. The van der Waals surface area contributed by atoms with Gasteiger partial charge in [-0.1, -0.05) is 71.7 Å². The van der Waals surface area contributed by atoms with E-state index in [4.69, 9.17) is 27.6 Å². The van der Waals surface area contributed by atoms with E-state index in [9.17, 15) is 14.4 Å². The van der Waals surface area contributed by atoms with E-state index in [2.05, 4.69) is 10.5 Å². The summed E-state index contributed by atoms with van der Waals surface area (Å²) in [6.07, 6.45) is 2.99. The summed E-state index contributed by atoms with van der Waals surface area (Å²) < 4.78 is 5.18. The van der Waals surface area contributed by atoms with Crippen molar-refractivity contribution in [3.63, 3.8) is 0 Å². The monoisotopic (exact) mass is 555 g/mol. The fourth-order valence-corrected chi connectivity index (χ4v) is 7.10. The third kappa shape index (κ3) is 3.23. The Balaban J connectivity index is 1.43. The molecule has 8 rings (SSSR count). The van der Waals surface area contributed by atoms with E-state index in [1.165, 1.54) is 23.3 Å². The van der Waals surface area contributed by atoms with Crippen LogP contribution in [0.1, 0.15) is 38.7 Å². The van der Waals surface area contributed by atoms with Crippen LogP contribution in [0.5, 0.6) is 0 Å². The lowest BCUT2D eigenvalue weighted by atomic mass is 9.47. The fraction of sp³-hybridized carbons (Fsp3) is 0.133. The molecule has 2 bridgehead atoms. The van der Waals surface area contributed by atoms with Crippen molar-refractivity contribution < 1.29 is 18.8 Å². The Morgan fingerprint density at radius 2 is 1.62 bits per heavy atom.